The highest BCUT2D eigenvalue weighted by atomic mass is 35.5. The molecule has 4 heteroatoms. The summed E-state index contributed by atoms with van der Waals surface area (Å²) in [7, 11) is 0. The molecule has 0 spiro atoms. The summed E-state index contributed by atoms with van der Waals surface area (Å²) in [6, 6.07) is 7.89. The smallest absolute Gasteiger partial charge is 0.316 e. The monoisotopic (exact) mass is 291 g/mol. The fraction of sp³-hybridized carbons (Fsp3) is 0.533. The van der Waals surface area contributed by atoms with Crippen LogP contribution in [0.5, 0.6) is 0 Å². The zero-order valence-corrected chi connectivity index (χ0v) is 11.5. The van der Waals surface area contributed by atoms with Gasteiger partial charge in [0.15, 0.2) is 0 Å². The number of benzene rings is 1. The molecule has 1 aromatic carbocycles. The molecule has 2 N–H and O–H groups in total. The van der Waals surface area contributed by atoms with E-state index in [1.807, 2.05) is 31.2 Å². The minimum atomic E-state index is -0.0893. The molecule has 0 saturated heterocycles. The zero-order chi connectivity index (χ0) is 13.2. The molecule has 0 unspecified atom stereocenters. The summed E-state index contributed by atoms with van der Waals surface area (Å²) >= 11 is 5.92. The molecule has 0 aromatic heterocycles. The van der Waals surface area contributed by atoms with Crippen molar-refractivity contribution in [2.24, 2.45) is 5.92 Å². The Bertz CT molecular complexity index is 428. The fourth-order valence-electron chi connectivity index (χ4n) is 2.67. The van der Waals surface area contributed by atoms with Crippen molar-refractivity contribution < 1.29 is 5.11 Å². The molecule has 0 amide bonds. The van der Waals surface area contributed by atoms with E-state index in [4.69, 9.17) is 22.1 Å². The first-order chi connectivity index (χ1) is 8.58. The molecule has 1 fully saturated rings. The minimum Gasteiger partial charge on any atom is -0.396 e. The Labute approximate surface area is 136 Å². The van der Waals surface area contributed by atoms with Gasteiger partial charge < -0.3 is 10.5 Å². The van der Waals surface area contributed by atoms with Gasteiger partial charge in [-0.1, -0.05) is 37.1 Å². The first kappa shape index (κ1) is 17.0. The van der Waals surface area contributed by atoms with Crippen LogP contribution in [0.3, 0.4) is 0 Å². The Balaban J connectivity index is 0.00000180. The van der Waals surface area contributed by atoms with Crippen LogP contribution in [0.15, 0.2) is 24.3 Å². The van der Waals surface area contributed by atoms with Crippen LogP contribution in [-0.4, -0.2) is 40.5 Å². The van der Waals surface area contributed by atoms with E-state index in [0.717, 1.165) is 23.6 Å². The highest BCUT2D eigenvalue weighted by molar-refractivity contribution is 6.30. The van der Waals surface area contributed by atoms with Gasteiger partial charge in [-0.05, 0) is 42.9 Å². The van der Waals surface area contributed by atoms with Crippen molar-refractivity contribution in [2.75, 3.05) is 6.61 Å². The molecule has 19 heavy (non-hydrogen) atoms. The van der Waals surface area contributed by atoms with Gasteiger partial charge in [0, 0.05) is 22.8 Å². The molecule has 0 heterocycles. The van der Waals surface area contributed by atoms with Crippen LogP contribution in [0.4, 0.5) is 0 Å². The summed E-state index contributed by atoms with van der Waals surface area (Å²) in [6.45, 7) is 2.14. The third-order valence-corrected chi connectivity index (χ3v) is 4.30. The largest absolute Gasteiger partial charge is 0.396 e. The van der Waals surface area contributed by atoms with Crippen LogP contribution in [0, 0.1) is 11.3 Å². The van der Waals surface area contributed by atoms with E-state index in [-0.39, 0.29) is 41.0 Å². The topological polar surface area (TPSA) is 44.1 Å². The lowest BCUT2D eigenvalue weighted by molar-refractivity contribution is 0.236. The Hall–Kier alpha value is -0.0938. The van der Waals surface area contributed by atoms with E-state index < -0.39 is 0 Å². The Kier molecular flexibility index (Phi) is 6.31. The van der Waals surface area contributed by atoms with Crippen LogP contribution < -0.4 is 0 Å². The molecule has 1 aromatic rings. The Morgan fingerprint density at radius 1 is 1.37 bits per heavy atom. The molecule has 1 atom stereocenters. The number of aliphatic hydroxyl groups excluding tert-OH is 1. The summed E-state index contributed by atoms with van der Waals surface area (Å²) in [5.41, 5.74) is 1.87. The van der Waals surface area contributed by atoms with Crippen molar-refractivity contribution in [2.45, 2.75) is 38.0 Å². The molecule has 0 aliphatic heterocycles. The Morgan fingerprint density at radius 3 is 2.37 bits per heavy atom. The maximum absolute atomic E-state index is 9.13. The van der Waals surface area contributed by atoms with Crippen molar-refractivity contribution in [1.29, 1.82) is 5.41 Å². The average molecular weight is 292 g/mol. The number of aliphatic hydroxyl groups is 1. The highest BCUT2D eigenvalue weighted by Crippen LogP contribution is 2.46. The molecule has 1 saturated carbocycles. The fourth-order valence-corrected chi connectivity index (χ4v) is 2.80. The molecular formula is C15H22ClMgNO. The van der Waals surface area contributed by atoms with Crippen LogP contribution >= 0.6 is 11.6 Å². The van der Waals surface area contributed by atoms with Crippen molar-refractivity contribution in [3.05, 3.63) is 34.9 Å². The summed E-state index contributed by atoms with van der Waals surface area (Å²) in [4.78, 5) is 0. The van der Waals surface area contributed by atoms with E-state index in [9.17, 15) is 0 Å². The number of halogens is 1. The second kappa shape index (κ2) is 7.07. The second-order valence-electron chi connectivity index (χ2n) is 5.41. The van der Waals surface area contributed by atoms with E-state index >= 15 is 0 Å². The first-order valence-corrected chi connectivity index (χ1v) is 6.91. The Morgan fingerprint density at radius 2 is 1.95 bits per heavy atom. The van der Waals surface area contributed by atoms with Crippen molar-refractivity contribution in [3.63, 3.8) is 0 Å². The van der Waals surface area contributed by atoms with Gasteiger partial charge in [0.1, 0.15) is 0 Å². The lowest BCUT2D eigenvalue weighted by Crippen LogP contribution is -2.42. The van der Waals surface area contributed by atoms with Crippen LogP contribution in [0.1, 0.15) is 38.2 Å². The number of rotatable bonds is 5. The second-order valence-corrected chi connectivity index (χ2v) is 5.85. The van der Waals surface area contributed by atoms with Gasteiger partial charge in [-0.3, -0.25) is 0 Å². The third-order valence-electron chi connectivity index (χ3n) is 4.05. The highest BCUT2D eigenvalue weighted by Gasteiger charge is 2.42. The van der Waals surface area contributed by atoms with Gasteiger partial charge in [-0.25, -0.2) is 0 Å². The third kappa shape index (κ3) is 3.51. The van der Waals surface area contributed by atoms with E-state index in [1.165, 1.54) is 12.0 Å². The first-order valence-electron chi connectivity index (χ1n) is 6.53. The molecule has 1 aliphatic carbocycles. The summed E-state index contributed by atoms with van der Waals surface area (Å²) in [5.74, 6) is 0.169. The summed E-state index contributed by atoms with van der Waals surface area (Å²) < 4.78 is 0. The van der Waals surface area contributed by atoms with Gasteiger partial charge in [0.2, 0.25) is 0 Å². The standard InChI is InChI=1S/C15H20ClNO.Mg.2H/c1-11(10-18)9-14(17)15(7-2-8-15)12-3-5-13(16)6-4-12;;;/h3-6,11,17-18H,2,7-10H2,1H3;;;/t11-;;;/m1.../s1. The zero-order valence-electron chi connectivity index (χ0n) is 10.7. The van der Waals surface area contributed by atoms with Gasteiger partial charge in [0.25, 0.3) is 0 Å². The summed E-state index contributed by atoms with van der Waals surface area (Å²) in [5, 5.41) is 18.2. The molecule has 2 rings (SSSR count). The van der Waals surface area contributed by atoms with Gasteiger partial charge in [0.05, 0.1) is 0 Å². The lowest BCUT2D eigenvalue weighted by atomic mass is 9.60. The van der Waals surface area contributed by atoms with E-state index in [0.29, 0.717) is 6.42 Å². The SMILES string of the molecule is C[C@@H](CO)CC(=N)C1(c2ccc(Cl)cc2)CCC1.[MgH2]. The number of hydrogen-bond donors (Lipinski definition) is 2. The van der Waals surface area contributed by atoms with E-state index in [2.05, 4.69) is 0 Å². The molecule has 0 bridgehead atoms. The van der Waals surface area contributed by atoms with Crippen LogP contribution in [-0.2, 0) is 5.41 Å². The molecule has 102 valence electrons. The predicted octanol–water partition coefficient (Wildman–Crippen LogP) is 2.88. The van der Waals surface area contributed by atoms with Crippen molar-refractivity contribution >= 4 is 40.4 Å². The number of nitrogens with one attached hydrogen (secondary N) is 1. The average Bonchev–Trinajstić information content (AvgIpc) is 2.30. The normalized spacial score (nSPS) is 18.1. The minimum absolute atomic E-state index is 0. The predicted molar refractivity (Wildman–Crippen MR) is 84.1 cm³/mol. The lowest BCUT2D eigenvalue weighted by Gasteiger charge is -2.43. The van der Waals surface area contributed by atoms with E-state index in [1.54, 1.807) is 0 Å². The van der Waals surface area contributed by atoms with Crippen molar-refractivity contribution in [1.82, 2.24) is 0 Å². The number of hydrogen-bond acceptors (Lipinski definition) is 2. The maximum Gasteiger partial charge on any atom is 0.316 e. The van der Waals surface area contributed by atoms with Gasteiger partial charge in [-0.2, -0.15) is 0 Å². The van der Waals surface area contributed by atoms with Gasteiger partial charge in [-0.15, -0.1) is 0 Å². The van der Waals surface area contributed by atoms with Crippen LogP contribution in [0.25, 0.3) is 0 Å². The van der Waals surface area contributed by atoms with Gasteiger partial charge >= 0.3 is 23.1 Å². The quantitative estimate of drug-likeness (QED) is 0.636. The molecule has 0 radical (unpaired) electrons. The van der Waals surface area contributed by atoms with Crippen molar-refractivity contribution in [3.8, 4) is 0 Å². The molecule has 1 aliphatic rings. The molecule has 2 nitrogen and oxygen atoms in total. The maximum atomic E-state index is 9.13. The van der Waals surface area contributed by atoms with Crippen LogP contribution in [0.2, 0.25) is 5.02 Å². The molecular weight excluding hydrogens is 270 g/mol. The summed E-state index contributed by atoms with van der Waals surface area (Å²) in [6.07, 6.45) is 3.95.